The molecular weight excluding hydrogens is 369 g/mol. The molecule has 0 radical (unpaired) electrons. The molecule has 24 heavy (non-hydrogen) atoms. The Morgan fingerprint density at radius 1 is 1.17 bits per heavy atom. The molecule has 1 aliphatic rings. The molecule has 4 nitrogen and oxygen atoms in total. The minimum atomic E-state index is -0.309. The van der Waals surface area contributed by atoms with Crippen LogP contribution in [0.3, 0.4) is 0 Å². The van der Waals surface area contributed by atoms with Gasteiger partial charge >= 0.3 is 0 Å². The highest BCUT2D eigenvalue weighted by atomic mass is 35.5. The van der Waals surface area contributed by atoms with Gasteiger partial charge in [-0.2, -0.15) is 0 Å². The number of carbonyl (C=O) groups excluding carboxylic acids is 2. The fraction of sp³-hybridized carbons (Fsp3) is 0.412. The number of thioether (sulfide) groups is 1. The molecule has 130 valence electrons. The topological polar surface area (TPSA) is 46.6 Å². The predicted octanol–water partition coefficient (Wildman–Crippen LogP) is 4.25. The molecule has 1 aromatic rings. The Hall–Kier alpha value is -1.01. The van der Waals surface area contributed by atoms with Crippen molar-refractivity contribution in [2.45, 2.75) is 20.3 Å². The maximum absolute atomic E-state index is 12.8. The Kier molecular flexibility index (Phi) is 7.16. The highest BCUT2D eigenvalue weighted by Crippen LogP contribution is 2.39. The Morgan fingerprint density at radius 2 is 1.92 bits per heavy atom. The third-order valence-electron chi connectivity index (χ3n) is 3.49. The number of benzene rings is 1. The van der Waals surface area contributed by atoms with Gasteiger partial charge in [-0.1, -0.05) is 36.2 Å². The van der Waals surface area contributed by atoms with Crippen LogP contribution in [0.1, 0.15) is 25.8 Å². The summed E-state index contributed by atoms with van der Waals surface area (Å²) in [5.41, 5.74) is 0.910. The van der Waals surface area contributed by atoms with Crippen molar-refractivity contribution in [3.63, 3.8) is 0 Å². The summed E-state index contributed by atoms with van der Waals surface area (Å²) in [6.45, 7) is 5.31. The van der Waals surface area contributed by atoms with Gasteiger partial charge in [-0.3, -0.25) is 14.5 Å². The van der Waals surface area contributed by atoms with Gasteiger partial charge in [0.2, 0.25) is 0 Å². The summed E-state index contributed by atoms with van der Waals surface area (Å²) in [7, 11) is 0. The number of imide groups is 1. The lowest BCUT2D eigenvalue weighted by molar-refractivity contribution is -0.136. The summed E-state index contributed by atoms with van der Waals surface area (Å²) in [4.78, 5) is 27.2. The van der Waals surface area contributed by atoms with Gasteiger partial charge in [-0.15, -0.1) is 11.8 Å². The van der Waals surface area contributed by atoms with E-state index in [4.69, 9.17) is 27.9 Å². The summed E-state index contributed by atoms with van der Waals surface area (Å²) < 4.78 is 5.28. The molecule has 2 amide bonds. The number of ether oxygens (including phenoxy) is 1. The number of halogens is 2. The van der Waals surface area contributed by atoms with Gasteiger partial charge < -0.3 is 4.74 Å². The van der Waals surface area contributed by atoms with Crippen molar-refractivity contribution < 1.29 is 14.3 Å². The second kappa shape index (κ2) is 8.90. The molecule has 0 aliphatic carbocycles. The fourth-order valence-corrected chi connectivity index (χ4v) is 3.80. The SMILES string of the molecule is CCOCCCN1C(=O)C(SCC)=C(c2ccc(Cl)cc2Cl)C1=O. The quantitative estimate of drug-likeness (QED) is 0.493. The van der Waals surface area contributed by atoms with Gasteiger partial charge in [0.15, 0.2) is 0 Å². The number of nitrogens with zero attached hydrogens (tertiary/aromatic N) is 1. The second-order valence-corrected chi connectivity index (χ2v) is 7.19. The highest BCUT2D eigenvalue weighted by Gasteiger charge is 2.39. The molecule has 0 N–H and O–H groups in total. The summed E-state index contributed by atoms with van der Waals surface area (Å²) in [6.07, 6.45) is 0.608. The molecule has 7 heteroatoms. The summed E-state index contributed by atoms with van der Waals surface area (Å²) in [6, 6.07) is 4.93. The molecule has 1 aromatic carbocycles. The zero-order valence-electron chi connectivity index (χ0n) is 13.6. The fourth-order valence-electron chi connectivity index (χ4n) is 2.43. The predicted molar refractivity (Wildman–Crippen MR) is 99.3 cm³/mol. The van der Waals surface area contributed by atoms with Gasteiger partial charge in [0.1, 0.15) is 0 Å². The maximum atomic E-state index is 12.8. The van der Waals surface area contributed by atoms with E-state index in [2.05, 4.69) is 0 Å². The summed E-state index contributed by atoms with van der Waals surface area (Å²) >= 11 is 13.5. The van der Waals surface area contributed by atoms with Gasteiger partial charge in [0, 0.05) is 30.3 Å². The number of carbonyl (C=O) groups is 2. The number of rotatable bonds is 8. The lowest BCUT2D eigenvalue weighted by atomic mass is 10.1. The van der Waals surface area contributed by atoms with E-state index in [1.807, 2.05) is 13.8 Å². The highest BCUT2D eigenvalue weighted by molar-refractivity contribution is 8.04. The first kappa shape index (κ1) is 19.3. The van der Waals surface area contributed by atoms with Crippen molar-refractivity contribution in [2.24, 2.45) is 0 Å². The molecule has 1 heterocycles. The van der Waals surface area contributed by atoms with Crippen LogP contribution in [0, 0.1) is 0 Å². The van der Waals surface area contributed by atoms with E-state index >= 15 is 0 Å². The van der Waals surface area contributed by atoms with Gasteiger partial charge in [-0.05, 0) is 31.2 Å². The van der Waals surface area contributed by atoms with E-state index in [0.717, 1.165) is 0 Å². The van der Waals surface area contributed by atoms with Crippen LogP contribution in [-0.2, 0) is 14.3 Å². The van der Waals surface area contributed by atoms with Gasteiger partial charge in [-0.25, -0.2) is 0 Å². The molecule has 0 aromatic heterocycles. The minimum absolute atomic E-state index is 0.260. The monoisotopic (exact) mass is 387 g/mol. The molecule has 0 unspecified atom stereocenters. The Balaban J connectivity index is 2.31. The molecule has 0 bridgehead atoms. The van der Waals surface area contributed by atoms with Gasteiger partial charge in [0.05, 0.1) is 15.5 Å². The minimum Gasteiger partial charge on any atom is -0.382 e. The average Bonchev–Trinajstić information content (AvgIpc) is 2.76. The van der Waals surface area contributed by atoms with Crippen LogP contribution in [-0.4, -0.2) is 42.2 Å². The van der Waals surface area contributed by atoms with E-state index in [1.54, 1.807) is 18.2 Å². The zero-order valence-corrected chi connectivity index (χ0v) is 15.9. The molecule has 0 saturated carbocycles. The second-order valence-electron chi connectivity index (χ2n) is 5.07. The van der Waals surface area contributed by atoms with Crippen molar-refractivity contribution in [1.82, 2.24) is 4.90 Å². The first-order valence-electron chi connectivity index (χ1n) is 7.77. The third kappa shape index (κ3) is 4.14. The van der Waals surface area contributed by atoms with E-state index in [0.29, 0.717) is 58.0 Å². The normalized spacial score (nSPS) is 14.9. The average molecular weight is 388 g/mol. The molecule has 2 rings (SSSR count). The van der Waals surface area contributed by atoms with Crippen LogP contribution in [0.25, 0.3) is 5.57 Å². The molecule has 0 fully saturated rings. The van der Waals surface area contributed by atoms with Crippen LogP contribution >= 0.6 is 35.0 Å². The summed E-state index contributed by atoms with van der Waals surface area (Å²) in [5, 5.41) is 0.850. The molecule has 0 saturated heterocycles. The Labute approximate surface area is 156 Å². The largest absolute Gasteiger partial charge is 0.382 e. The van der Waals surface area contributed by atoms with Crippen molar-refractivity contribution in [3.05, 3.63) is 38.7 Å². The lowest BCUT2D eigenvalue weighted by Crippen LogP contribution is -2.33. The molecular formula is C17H19Cl2NO3S. The molecule has 0 spiro atoms. The lowest BCUT2D eigenvalue weighted by Gasteiger charge is -2.15. The standard InChI is InChI=1S/C17H19Cl2NO3S/c1-3-23-9-5-8-20-16(21)14(15(17(20)22)24-4-2)12-7-6-11(18)10-13(12)19/h6-7,10H,3-5,8-9H2,1-2H3. The maximum Gasteiger partial charge on any atom is 0.267 e. The first-order valence-corrected chi connectivity index (χ1v) is 9.51. The molecule has 1 aliphatic heterocycles. The van der Waals surface area contributed by atoms with Crippen LogP contribution in [0.4, 0.5) is 0 Å². The Morgan fingerprint density at radius 3 is 2.54 bits per heavy atom. The van der Waals surface area contributed by atoms with Gasteiger partial charge in [0.25, 0.3) is 11.8 Å². The van der Waals surface area contributed by atoms with Crippen LogP contribution < -0.4 is 0 Å². The zero-order chi connectivity index (χ0) is 17.7. The van der Waals surface area contributed by atoms with Crippen molar-refractivity contribution in [2.75, 3.05) is 25.5 Å². The first-order chi connectivity index (χ1) is 11.5. The van der Waals surface area contributed by atoms with E-state index < -0.39 is 0 Å². The smallest absolute Gasteiger partial charge is 0.267 e. The summed E-state index contributed by atoms with van der Waals surface area (Å²) in [5.74, 6) is 0.122. The third-order valence-corrected chi connectivity index (χ3v) is 4.99. The molecule has 0 atom stereocenters. The van der Waals surface area contributed by atoms with Crippen molar-refractivity contribution in [3.8, 4) is 0 Å². The Bertz CT molecular complexity index is 676. The van der Waals surface area contributed by atoms with E-state index in [9.17, 15) is 9.59 Å². The van der Waals surface area contributed by atoms with E-state index in [1.165, 1.54) is 16.7 Å². The number of hydrogen-bond acceptors (Lipinski definition) is 4. The number of amides is 2. The van der Waals surface area contributed by atoms with Crippen molar-refractivity contribution >= 4 is 52.4 Å². The van der Waals surface area contributed by atoms with Crippen LogP contribution in [0.2, 0.25) is 10.0 Å². The van der Waals surface area contributed by atoms with Crippen LogP contribution in [0.15, 0.2) is 23.1 Å². The number of hydrogen-bond donors (Lipinski definition) is 0. The van der Waals surface area contributed by atoms with E-state index in [-0.39, 0.29) is 11.8 Å². The van der Waals surface area contributed by atoms with Crippen molar-refractivity contribution in [1.29, 1.82) is 0 Å². The van der Waals surface area contributed by atoms with Crippen LogP contribution in [0.5, 0.6) is 0 Å².